The summed E-state index contributed by atoms with van der Waals surface area (Å²) in [5, 5.41) is 4.99. The fourth-order valence-corrected chi connectivity index (χ4v) is 5.33. The van der Waals surface area contributed by atoms with Crippen molar-refractivity contribution >= 4 is 26.7 Å². The summed E-state index contributed by atoms with van der Waals surface area (Å²) in [6, 6.07) is 8.62. The van der Waals surface area contributed by atoms with Crippen LogP contribution in [0.3, 0.4) is 0 Å². The van der Waals surface area contributed by atoms with Crippen molar-refractivity contribution in [2.24, 2.45) is 0 Å². The topological polar surface area (TPSA) is 110 Å². The first-order valence-electron chi connectivity index (χ1n) is 11.0. The van der Waals surface area contributed by atoms with Crippen molar-refractivity contribution in [1.82, 2.24) is 20.0 Å². The van der Waals surface area contributed by atoms with Gasteiger partial charge in [0, 0.05) is 11.9 Å². The molecule has 8 nitrogen and oxygen atoms in total. The van der Waals surface area contributed by atoms with Crippen LogP contribution in [0.5, 0.6) is 0 Å². The van der Waals surface area contributed by atoms with Gasteiger partial charge < -0.3 is 0 Å². The average Bonchev–Trinajstić information content (AvgIpc) is 2.78. The van der Waals surface area contributed by atoms with Crippen molar-refractivity contribution in [3.05, 3.63) is 68.6 Å². The van der Waals surface area contributed by atoms with E-state index in [1.807, 2.05) is 19.9 Å². The van der Waals surface area contributed by atoms with Crippen molar-refractivity contribution in [2.45, 2.75) is 65.3 Å². The van der Waals surface area contributed by atoms with Crippen LogP contribution in [0.25, 0.3) is 10.8 Å². The molecule has 0 aliphatic rings. The number of carbonyl (C=O) groups excluding carboxylic acids is 1. The second kappa shape index (κ2) is 9.84. The van der Waals surface area contributed by atoms with Gasteiger partial charge in [-0.15, -0.1) is 4.83 Å². The molecule has 9 heteroatoms. The van der Waals surface area contributed by atoms with E-state index in [4.69, 9.17) is 0 Å². The van der Waals surface area contributed by atoms with Crippen LogP contribution >= 0.6 is 0 Å². The van der Waals surface area contributed by atoms with E-state index in [1.165, 1.54) is 4.68 Å². The van der Waals surface area contributed by atoms with Crippen molar-refractivity contribution in [2.75, 3.05) is 0 Å². The zero-order valence-electron chi connectivity index (χ0n) is 19.7. The smallest absolute Gasteiger partial charge is 0.272 e. The maximum atomic E-state index is 13.1. The van der Waals surface area contributed by atoms with Crippen LogP contribution in [0.2, 0.25) is 0 Å². The van der Waals surface area contributed by atoms with Gasteiger partial charge in [0.2, 0.25) is 0 Å². The zero-order valence-corrected chi connectivity index (χ0v) is 20.5. The van der Waals surface area contributed by atoms with Gasteiger partial charge in [-0.05, 0) is 62.4 Å². The predicted octanol–water partition coefficient (Wildman–Crippen LogP) is 3.44. The van der Waals surface area contributed by atoms with E-state index in [-0.39, 0.29) is 16.1 Å². The number of aromatic nitrogens is 2. The standard InChI is InChI=1S/C24H30N4O4S/c1-6-7-10-13-28-24(30)20-12-9-8-11-19(20)21(26-28)23(29)25-27-33(31,32)22-17(4)15(2)14-16(3)18(22)5/h8-9,11-12,14,27H,6-7,10,13H2,1-5H3,(H,25,29). The lowest BCUT2D eigenvalue weighted by Gasteiger charge is -2.17. The second-order valence-electron chi connectivity index (χ2n) is 8.28. The SMILES string of the molecule is CCCCCn1nc(C(=O)NNS(=O)(=O)c2c(C)c(C)cc(C)c2C)c2ccccc2c1=O. The number of aryl methyl sites for hydroxylation is 3. The first-order valence-corrected chi connectivity index (χ1v) is 12.5. The minimum atomic E-state index is -4.04. The molecular weight excluding hydrogens is 440 g/mol. The number of hydrogen-bond acceptors (Lipinski definition) is 5. The number of amides is 1. The number of hydrazine groups is 1. The van der Waals surface area contributed by atoms with Gasteiger partial charge >= 0.3 is 0 Å². The molecule has 0 aliphatic heterocycles. The zero-order chi connectivity index (χ0) is 24.3. The first-order chi connectivity index (χ1) is 15.6. The van der Waals surface area contributed by atoms with Gasteiger partial charge in [-0.25, -0.2) is 13.1 Å². The molecular formula is C24H30N4O4S. The monoisotopic (exact) mass is 470 g/mol. The third-order valence-corrected chi connectivity index (χ3v) is 7.44. The average molecular weight is 471 g/mol. The van der Waals surface area contributed by atoms with Gasteiger partial charge in [0.05, 0.1) is 10.3 Å². The number of nitrogens with zero attached hydrogens (tertiary/aromatic N) is 2. The number of hydrogen-bond donors (Lipinski definition) is 2. The van der Waals surface area contributed by atoms with Crippen LogP contribution in [-0.2, 0) is 16.6 Å². The number of unbranched alkanes of at least 4 members (excludes halogenated alkanes) is 2. The molecule has 0 atom stereocenters. The Morgan fingerprint density at radius 2 is 1.61 bits per heavy atom. The Kier molecular flexibility index (Phi) is 7.34. The van der Waals surface area contributed by atoms with Crippen LogP contribution < -0.4 is 15.8 Å². The lowest BCUT2D eigenvalue weighted by atomic mass is 10.0. The molecule has 0 fully saturated rings. The Hall–Kier alpha value is -3.04. The Bertz CT molecular complexity index is 1350. The number of nitrogens with one attached hydrogen (secondary N) is 2. The number of rotatable bonds is 8. The molecule has 0 bridgehead atoms. The summed E-state index contributed by atoms with van der Waals surface area (Å²) in [5.41, 5.74) is 4.91. The summed E-state index contributed by atoms with van der Waals surface area (Å²) < 4.78 is 27.4. The summed E-state index contributed by atoms with van der Waals surface area (Å²) in [4.78, 5) is 28.2. The fourth-order valence-electron chi connectivity index (χ4n) is 3.87. The highest BCUT2D eigenvalue weighted by Crippen LogP contribution is 2.25. The summed E-state index contributed by atoms with van der Waals surface area (Å²) >= 11 is 0. The predicted molar refractivity (Wildman–Crippen MR) is 129 cm³/mol. The molecule has 176 valence electrons. The summed E-state index contributed by atoms with van der Waals surface area (Å²) in [6.07, 6.45) is 2.66. The molecule has 0 spiro atoms. The highest BCUT2D eigenvalue weighted by atomic mass is 32.2. The molecule has 3 aromatic rings. The number of carbonyl (C=O) groups is 1. The third kappa shape index (κ3) is 4.99. The molecule has 3 rings (SSSR count). The highest BCUT2D eigenvalue weighted by molar-refractivity contribution is 7.89. The molecule has 1 heterocycles. The van der Waals surface area contributed by atoms with E-state index in [0.29, 0.717) is 28.4 Å². The Balaban J connectivity index is 1.96. The van der Waals surface area contributed by atoms with E-state index in [1.54, 1.807) is 38.1 Å². The van der Waals surface area contributed by atoms with Crippen molar-refractivity contribution in [3.63, 3.8) is 0 Å². The maximum Gasteiger partial charge on any atom is 0.287 e. The van der Waals surface area contributed by atoms with Crippen molar-refractivity contribution in [3.8, 4) is 0 Å². The molecule has 1 aromatic heterocycles. The Morgan fingerprint density at radius 3 is 2.21 bits per heavy atom. The van der Waals surface area contributed by atoms with Crippen molar-refractivity contribution < 1.29 is 13.2 Å². The molecule has 2 aromatic carbocycles. The molecule has 0 unspecified atom stereocenters. The lowest BCUT2D eigenvalue weighted by molar-refractivity contribution is 0.0939. The Labute approximate surface area is 194 Å². The van der Waals surface area contributed by atoms with E-state index in [0.717, 1.165) is 30.4 Å². The van der Waals surface area contributed by atoms with Gasteiger partial charge in [0.25, 0.3) is 21.5 Å². The highest BCUT2D eigenvalue weighted by Gasteiger charge is 2.24. The van der Waals surface area contributed by atoms with Gasteiger partial charge in [0.15, 0.2) is 5.69 Å². The molecule has 0 radical (unpaired) electrons. The number of benzene rings is 2. The van der Waals surface area contributed by atoms with Gasteiger partial charge in [-0.1, -0.05) is 44.0 Å². The van der Waals surface area contributed by atoms with E-state index in [9.17, 15) is 18.0 Å². The quantitative estimate of drug-likeness (QED) is 0.387. The second-order valence-corrected chi connectivity index (χ2v) is 9.90. The van der Waals surface area contributed by atoms with E-state index in [2.05, 4.69) is 22.3 Å². The number of sulfonamides is 1. The maximum absolute atomic E-state index is 13.1. The van der Waals surface area contributed by atoms with Gasteiger partial charge in [0.1, 0.15) is 0 Å². The van der Waals surface area contributed by atoms with Crippen molar-refractivity contribution in [1.29, 1.82) is 0 Å². The summed E-state index contributed by atoms with van der Waals surface area (Å²) in [5.74, 6) is -0.737. The van der Waals surface area contributed by atoms with Crippen LogP contribution in [0.1, 0.15) is 58.9 Å². The van der Waals surface area contributed by atoms with Crippen LogP contribution in [0, 0.1) is 27.7 Å². The normalized spacial score (nSPS) is 11.7. The third-order valence-electron chi connectivity index (χ3n) is 5.92. The minimum Gasteiger partial charge on any atom is -0.272 e. The molecule has 33 heavy (non-hydrogen) atoms. The summed E-state index contributed by atoms with van der Waals surface area (Å²) in [6.45, 7) is 9.60. The molecule has 0 saturated carbocycles. The molecule has 1 amide bonds. The van der Waals surface area contributed by atoms with Crippen LogP contribution in [0.4, 0.5) is 0 Å². The Morgan fingerprint density at radius 1 is 1.00 bits per heavy atom. The molecule has 0 aliphatic carbocycles. The molecule has 0 saturated heterocycles. The largest absolute Gasteiger partial charge is 0.287 e. The number of fused-ring (bicyclic) bond motifs is 1. The van der Waals surface area contributed by atoms with Gasteiger partial charge in [-0.2, -0.15) is 5.10 Å². The van der Waals surface area contributed by atoms with Crippen LogP contribution in [0.15, 0.2) is 40.0 Å². The van der Waals surface area contributed by atoms with E-state index < -0.39 is 15.9 Å². The minimum absolute atomic E-state index is 0.0155. The van der Waals surface area contributed by atoms with Crippen LogP contribution in [-0.4, -0.2) is 24.1 Å². The lowest BCUT2D eigenvalue weighted by Crippen LogP contribution is -2.43. The van der Waals surface area contributed by atoms with E-state index >= 15 is 0 Å². The van der Waals surface area contributed by atoms with Gasteiger partial charge in [-0.3, -0.25) is 15.0 Å². The molecule has 2 N–H and O–H groups in total. The fraction of sp³-hybridized carbons (Fsp3) is 0.375. The first kappa shape index (κ1) is 24.6. The summed E-state index contributed by atoms with van der Waals surface area (Å²) in [7, 11) is -4.04.